The van der Waals surface area contributed by atoms with Crippen molar-refractivity contribution in [1.29, 1.82) is 0 Å². The summed E-state index contributed by atoms with van der Waals surface area (Å²) in [6.45, 7) is 4.22. The molecule has 100 valence electrons. The quantitative estimate of drug-likeness (QED) is 0.890. The molecule has 0 atom stereocenters. The molecule has 0 bridgehead atoms. The van der Waals surface area contributed by atoms with E-state index in [-0.39, 0.29) is 11.5 Å². The molecule has 0 spiro atoms. The van der Waals surface area contributed by atoms with Crippen molar-refractivity contribution in [2.75, 3.05) is 17.2 Å². The van der Waals surface area contributed by atoms with E-state index in [9.17, 15) is 8.78 Å². The number of aryl methyl sites for hydroxylation is 1. The summed E-state index contributed by atoms with van der Waals surface area (Å²) in [7, 11) is 0. The van der Waals surface area contributed by atoms with E-state index >= 15 is 0 Å². The van der Waals surface area contributed by atoms with Crippen LogP contribution >= 0.6 is 0 Å². The predicted molar refractivity (Wildman–Crippen MR) is 70.6 cm³/mol. The molecule has 4 nitrogen and oxygen atoms in total. The standard InChI is InChI=1S/C13H14F2N4/c1-3-16-13-17-7-10(15)12(19-13)18-11-8(2)5-4-6-9(11)14/h4-7H,3H2,1-2H3,(H2,16,17,18,19). The Kier molecular flexibility index (Phi) is 3.89. The molecule has 0 radical (unpaired) electrons. The minimum Gasteiger partial charge on any atom is -0.354 e. The fraction of sp³-hybridized carbons (Fsp3) is 0.231. The lowest BCUT2D eigenvalue weighted by Crippen LogP contribution is -2.07. The minimum absolute atomic E-state index is 0.0563. The van der Waals surface area contributed by atoms with Crippen LogP contribution in [0.25, 0.3) is 0 Å². The van der Waals surface area contributed by atoms with E-state index in [1.165, 1.54) is 6.07 Å². The number of aromatic nitrogens is 2. The van der Waals surface area contributed by atoms with Gasteiger partial charge in [0.1, 0.15) is 5.82 Å². The number of hydrogen-bond donors (Lipinski definition) is 2. The average molecular weight is 264 g/mol. The van der Waals surface area contributed by atoms with Gasteiger partial charge in [-0.15, -0.1) is 0 Å². The van der Waals surface area contributed by atoms with Gasteiger partial charge in [0.05, 0.1) is 11.9 Å². The lowest BCUT2D eigenvalue weighted by Gasteiger charge is -2.11. The lowest BCUT2D eigenvalue weighted by atomic mass is 10.2. The number of para-hydroxylation sites is 1. The van der Waals surface area contributed by atoms with E-state index < -0.39 is 11.6 Å². The Morgan fingerprint density at radius 1 is 1.21 bits per heavy atom. The third-order valence-corrected chi connectivity index (χ3v) is 2.54. The Morgan fingerprint density at radius 2 is 2.00 bits per heavy atom. The highest BCUT2D eigenvalue weighted by atomic mass is 19.1. The molecule has 0 saturated carbocycles. The van der Waals surface area contributed by atoms with Crippen LogP contribution in [-0.4, -0.2) is 16.5 Å². The van der Waals surface area contributed by atoms with Gasteiger partial charge < -0.3 is 10.6 Å². The van der Waals surface area contributed by atoms with E-state index in [2.05, 4.69) is 20.6 Å². The van der Waals surface area contributed by atoms with Crippen molar-refractivity contribution in [3.05, 3.63) is 41.6 Å². The number of nitrogens with one attached hydrogen (secondary N) is 2. The van der Waals surface area contributed by atoms with Crippen LogP contribution < -0.4 is 10.6 Å². The molecule has 0 unspecified atom stereocenters. The number of nitrogens with zero attached hydrogens (tertiary/aromatic N) is 2. The molecular formula is C13H14F2N4. The van der Waals surface area contributed by atoms with Crippen molar-refractivity contribution in [3.8, 4) is 0 Å². The molecular weight excluding hydrogens is 250 g/mol. The summed E-state index contributed by atoms with van der Waals surface area (Å²) < 4.78 is 27.3. The lowest BCUT2D eigenvalue weighted by molar-refractivity contribution is 0.615. The fourth-order valence-corrected chi connectivity index (χ4v) is 1.61. The topological polar surface area (TPSA) is 49.8 Å². The molecule has 1 aromatic carbocycles. The SMILES string of the molecule is CCNc1ncc(F)c(Nc2c(C)cccc2F)n1. The van der Waals surface area contributed by atoms with Gasteiger partial charge in [-0.3, -0.25) is 0 Å². The largest absolute Gasteiger partial charge is 0.354 e. The van der Waals surface area contributed by atoms with Gasteiger partial charge in [-0.25, -0.2) is 13.8 Å². The van der Waals surface area contributed by atoms with Gasteiger partial charge in [0, 0.05) is 6.54 Å². The minimum atomic E-state index is -0.635. The van der Waals surface area contributed by atoms with E-state index in [0.717, 1.165) is 6.20 Å². The molecule has 0 aliphatic carbocycles. The van der Waals surface area contributed by atoms with Crippen LogP contribution in [0.1, 0.15) is 12.5 Å². The first kappa shape index (κ1) is 13.2. The highest BCUT2D eigenvalue weighted by Gasteiger charge is 2.11. The number of anilines is 3. The van der Waals surface area contributed by atoms with Crippen molar-refractivity contribution in [1.82, 2.24) is 9.97 Å². The summed E-state index contributed by atoms with van der Waals surface area (Å²) in [5.41, 5.74) is 0.880. The van der Waals surface area contributed by atoms with Crippen molar-refractivity contribution in [2.45, 2.75) is 13.8 Å². The zero-order valence-electron chi connectivity index (χ0n) is 10.7. The summed E-state index contributed by atoms with van der Waals surface area (Å²) in [6.07, 6.45) is 1.05. The predicted octanol–water partition coefficient (Wildman–Crippen LogP) is 3.24. The van der Waals surface area contributed by atoms with Crippen LogP contribution in [0.2, 0.25) is 0 Å². The highest BCUT2D eigenvalue weighted by molar-refractivity contribution is 5.61. The molecule has 19 heavy (non-hydrogen) atoms. The van der Waals surface area contributed by atoms with Crippen molar-refractivity contribution in [3.63, 3.8) is 0 Å². The zero-order valence-corrected chi connectivity index (χ0v) is 10.7. The third kappa shape index (κ3) is 2.96. The summed E-state index contributed by atoms with van der Waals surface area (Å²) in [6, 6.07) is 4.63. The molecule has 0 aliphatic rings. The van der Waals surface area contributed by atoms with E-state index in [4.69, 9.17) is 0 Å². The molecule has 2 N–H and O–H groups in total. The van der Waals surface area contributed by atoms with Crippen LogP contribution in [0.3, 0.4) is 0 Å². The summed E-state index contributed by atoms with van der Waals surface area (Å²) >= 11 is 0. The van der Waals surface area contributed by atoms with Crippen LogP contribution in [-0.2, 0) is 0 Å². The maximum atomic E-state index is 13.7. The van der Waals surface area contributed by atoms with Crippen LogP contribution in [0.15, 0.2) is 24.4 Å². The number of hydrogen-bond acceptors (Lipinski definition) is 4. The van der Waals surface area contributed by atoms with Crippen molar-refractivity contribution >= 4 is 17.5 Å². The van der Waals surface area contributed by atoms with E-state index in [0.29, 0.717) is 18.1 Å². The molecule has 0 fully saturated rings. The Bertz CT molecular complexity index is 567. The van der Waals surface area contributed by atoms with Crippen LogP contribution in [0, 0.1) is 18.6 Å². The van der Waals surface area contributed by atoms with Gasteiger partial charge in [-0.1, -0.05) is 12.1 Å². The van der Waals surface area contributed by atoms with Gasteiger partial charge in [-0.05, 0) is 25.5 Å². The molecule has 2 rings (SSSR count). The second-order valence-corrected chi connectivity index (χ2v) is 3.98. The number of rotatable bonds is 4. The molecule has 1 aromatic heterocycles. The molecule has 0 saturated heterocycles. The van der Waals surface area contributed by atoms with Crippen molar-refractivity contribution in [2.24, 2.45) is 0 Å². The highest BCUT2D eigenvalue weighted by Crippen LogP contribution is 2.24. The van der Waals surface area contributed by atoms with Gasteiger partial charge >= 0.3 is 0 Å². The molecule has 6 heteroatoms. The fourth-order valence-electron chi connectivity index (χ4n) is 1.61. The maximum Gasteiger partial charge on any atom is 0.224 e. The number of benzene rings is 1. The Balaban J connectivity index is 2.35. The van der Waals surface area contributed by atoms with Gasteiger partial charge in [0.25, 0.3) is 0 Å². The smallest absolute Gasteiger partial charge is 0.224 e. The molecule has 2 aromatic rings. The van der Waals surface area contributed by atoms with E-state index in [1.807, 2.05) is 6.92 Å². The second kappa shape index (κ2) is 5.60. The third-order valence-electron chi connectivity index (χ3n) is 2.54. The summed E-state index contributed by atoms with van der Waals surface area (Å²) in [5.74, 6) is -0.855. The molecule has 0 amide bonds. The molecule has 1 heterocycles. The Hall–Kier alpha value is -2.24. The van der Waals surface area contributed by atoms with Gasteiger partial charge in [0.15, 0.2) is 11.6 Å². The maximum absolute atomic E-state index is 13.7. The van der Waals surface area contributed by atoms with E-state index in [1.54, 1.807) is 19.1 Å². The Labute approximate surface area is 109 Å². The monoisotopic (exact) mass is 264 g/mol. The molecule has 0 aliphatic heterocycles. The van der Waals surface area contributed by atoms with Crippen LogP contribution in [0.5, 0.6) is 0 Å². The average Bonchev–Trinajstić information content (AvgIpc) is 2.38. The van der Waals surface area contributed by atoms with Gasteiger partial charge in [0.2, 0.25) is 5.95 Å². The normalized spacial score (nSPS) is 10.3. The first-order valence-electron chi connectivity index (χ1n) is 5.90. The first-order chi connectivity index (χ1) is 9.11. The van der Waals surface area contributed by atoms with Gasteiger partial charge in [-0.2, -0.15) is 4.98 Å². The Morgan fingerprint density at radius 3 is 2.68 bits per heavy atom. The van der Waals surface area contributed by atoms with Crippen molar-refractivity contribution < 1.29 is 8.78 Å². The summed E-state index contributed by atoms with van der Waals surface area (Å²) in [5, 5.41) is 5.53. The summed E-state index contributed by atoms with van der Waals surface area (Å²) in [4.78, 5) is 7.75. The second-order valence-electron chi connectivity index (χ2n) is 3.98. The zero-order chi connectivity index (χ0) is 13.8. The number of halogens is 2. The van der Waals surface area contributed by atoms with Crippen LogP contribution in [0.4, 0.5) is 26.2 Å². The first-order valence-corrected chi connectivity index (χ1v) is 5.90.